The normalized spacial score (nSPS) is 20.5. The van der Waals surface area contributed by atoms with E-state index in [1.54, 1.807) is 12.1 Å². The van der Waals surface area contributed by atoms with Crippen LogP contribution in [0.2, 0.25) is 0 Å². The zero-order valence-electron chi connectivity index (χ0n) is 16.7. The van der Waals surface area contributed by atoms with Gasteiger partial charge in [0.2, 0.25) is 5.91 Å². The van der Waals surface area contributed by atoms with E-state index < -0.39 is 0 Å². The predicted molar refractivity (Wildman–Crippen MR) is 107 cm³/mol. The van der Waals surface area contributed by atoms with E-state index in [9.17, 15) is 9.18 Å². The topological polar surface area (TPSA) is 50.2 Å². The van der Waals surface area contributed by atoms with Crippen molar-refractivity contribution < 1.29 is 9.18 Å². The number of nitrogens with zero attached hydrogens (tertiary/aromatic N) is 3. The number of aromatic nitrogens is 2. The van der Waals surface area contributed by atoms with Gasteiger partial charge in [0.25, 0.3) is 0 Å². The number of likely N-dealkylation sites (tertiary alicyclic amines) is 1. The summed E-state index contributed by atoms with van der Waals surface area (Å²) < 4.78 is 15.1. The molecule has 0 unspecified atom stereocenters. The van der Waals surface area contributed by atoms with E-state index in [-0.39, 0.29) is 5.82 Å². The summed E-state index contributed by atoms with van der Waals surface area (Å²) >= 11 is 0. The van der Waals surface area contributed by atoms with Crippen LogP contribution in [-0.2, 0) is 11.3 Å². The Bertz CT molecular complexity index is 841. The highest BCUT2D eigenvalue weighted by molar-refractivity contribution is 5.76. The van der Waals surface area contributed by atoms with Crippen LogP contribution in [0, 0.1) is 25.6 Å². The van der Waals surface area contributed by atoms with Crippen LogP contribution in [0.5, 0.6) is 0 Å². The lowest BCUT2D eigenvalue weighted by molar-refractivity contribution is -0.130. The quantitative estimate of drug-likeness (QED) is 0.829. The van der Waals surface area contributed by atoms with Crippen LogP contribution >= 0.6 is 0 Å². The Morgan fingerprint density at radius 2 is 1.89 bits per heavy atom. The molecule has 2 fully saturated rings. The zero-order chi connectivity index (χ0) is 19.7. The van der Waals surface area contributed by atoms with Crippen LogP contribution in [0.4, 0.5) is 4.39 Å². The molecule has 1 saturated carbocycles. The molecular weight excluding hydrogens is 355 g/mol. The molecule has 1 amide bonds. The van der Waals surface area contributed by atoms with Gasteiger partial charge >= 0.3 is 0 Å². The third-order valence-electron chi connectivity index (χ3n) is 6.06. The molecule has 1 atom stereocenters. The molecular formula is C22H29FN4O. The van der Waals surface area contributed by atoms with E-state index in [2.05, 4.69) is 15.3 Å². The summed E-state index contributed by atoms with van der Waals surface area (Å²) in [5.74, 6) is 0.814. The van der Waals surface area contributed by atoms with Gasteiger partial charge in [0.15, 0.2) is 0 Å². The number of hydrogen-bond donors (Lipinski definition) is 1. The highest BCUT2D eigenvalue weighted by atomic mass is 19.1. The third-order valence-corrected chi connectivity index (χ3v) is 6.06. The number of carbonyl (C=O) groups excluding carboxylic acids is 1. The highest BCUT2D eigenvalue weighted by Crippen LogP contribution is 2.30. The summed E-state index contributed by atoms with van der Waals surface area (Å²) in [6.45, 7) is 6.61. The molecule has 0 spiro atoms. The molecule has 1 aromatic carbocycles. The molecule has 1 saturated heterocycles. The van der Waals surface area contributed by atoms with Crippen molar-refractivity contribution in [2.45, 2.75) is 58.5 Å². The van der Waals surface area contributed by atoms with Gasteiger partial charge in [0, 0.05) is 43.4 Å². The summed E-state index contributed by atoms with van der Waals surface area (Å²) in [7, 11) is 0. The van der Waals surface area contributed by atoms with Gasteiger partial charge in [0.05, 0.1) is 11.4 Å². The molecule has 2 aliphatic rings. The lowest BCUT2D eigenvalue weighted by atomic mass is 10.1. The average molecular weight is 384 g/mol. The van der Waals surface area contributed by atoms with E-state index in [0.29, 0.717) is 18.4 Å². The second kappa shape index (κ2) is 8.03. The molecule has 28 heavy (non-hydrogen) atoms. The van der Waals surface area contributed by atoms with E-state index in [0.717, 1.165) is 55.5 Å². The summed E-state index contributed by atoms with van der Waals surface area (Å²) in [5.41, 5.74) is 4.09. The van der Waals surface area contributed by atoms with Crippen molar-refractivity contribution in [3.63, 3.8) is 0 Å². The van der Waals surface area contributed by atoms with Crippen molar-refractivity contribution in [1.29, 1.82) is 0 Å². The standard InChI is InChI=1S/C22H29FN4O/c1-15-21(16(2)27(25-15)20-8-5-18(23)6-9-20)13-24-19-7-10-22(28)26(12-11-19)14-17-3-4-17/h5-6,8-9,17,19,24H,3-4,7,10-14H2,1-2H3/t19-/m1/s1. The lowest BCUT2D eigenvalue weighted by Crippen LogP contribution is -2.33. The minimum Gasteiger partial charge on any atom is -0.342 e. The fraction of sp³-hybridized carbons (Fsp3) is 0.545. The van der Waals surface area contributed by atoms with Crippen molar-refractivity contribution >= 4 is 5.91 Å². The second-order valence-electron chi connectivity index (χ2n) is 8.23. The van der Waals surface area contributed by atoms with Gasteiger partial charge in [-0.1, -0.05) is 0 Å². The SMILES string of the molecule is Cc1nn(-c2ccc(F)cc2)c(C)c1CN[C@@H]1CCC(=O)N(CC2CC2)CC1. The molecule has 1 aromatic heterocycles. The minimum atomic E-state index is -0.245. The second-order valence-corrected chi connectivity index (χ2v) is 8.23. The van der Waals surface area contributed by atoms with E-state index in [1.807, 2.05) is 18.5 Å². The predicted octanol–water partition coefficient (Wildman–Crippen LogP) is 3.51. The fourth-order valence-electron chi connectivity index (χ4n) is 4.06. The molecule has 6 heteroatoms. The Morgan fingerprint density at radius 3 is 2.61 bits per heavy atom. The Labute approximate surface area is 165 Å². The molecule has 5 nitrogen and oxygen atoms in total. The van der Waals surface area contributed by atoms with Gasteiger partial charge in [0.1, 0.15) is 5.82 Å². The fourth-order valence-corrected chi connectivity index (χ4v) is 4.06. The largest absolute Gasteiger partial charge is 0.342 e. The minimum absolute atomic E-state index is 0.245. The van der Waals surface area contributed by atoms with Gasteiger partial charge in [-0.2, -0.15) is 5.10 Å². The van der Waals surface area contributed by atoms with Crippen molar-refractivity contribution in [2.75, 3.05) is 13.1 Å². The number of amides is 1. The molecule has 1 N–H and O–H groups in total. The molecule has 150 valence electrons. The van der Waals surface area contributed by atoms with Crippen molar-refractivity contribution in [3.8, 4) is 5.69 Å². The number of nitrogens with one attached hydrogen (secondary N) is 1. The summed E-state index contributed by atoms with van der Waals surface area (Å²) in [6.07, 6.45) is 5.09. The molecule has 1 aliphatic heterocycles. The van der Waals surface area contributed by atoms with E-state index in [4.69, 9.17) is 0 Å². The van der Waals surface area contributed by atoms with Gasteiger partial charge in [-0.25, -0.2) is 9.07 Å². The Hall–Kier alpha value is -2.21. The van der Waals surface area contributed by atoms with Gasteiger partial charge in [-0.15, -0.1) is 0 Å². The summed E-state index contributed by atoms with van der Waals surface area (Å²) in [5, 5.41) is 8.30. The molecule has 2 aromatic rings. The number of benzene rings is 1. The van der Waals surface area contributed by atoms with Gasteiger partial charge < -0.3 is 10.2 Å². The Balaban J connectivity index is 1.39. The monoisotopic (exact) mass is 384 g/mol. The number of rotatable bonds is 6. The summed E-state index contributed by atoms with van der Waals surface area (Å²) in [4.78, 5) is 14.4. The molecule has 2 heterocycles. The molecule has 0 bridgehead atoms. The van der Waals surface area contributed by atoms with Crippen LogP contribution in [-0.4, -0.2) is 39.7 Å². The zero-order valence-corrected chi connectivity index (χ0v) is 16.7. The van der Waals surface area contributed by atoms with Gasteiger partial charge in [-0.05, 0) is 69.7 Å². The van der Waals surface area contributed by atoms with Crippen molar-refractivity contribution in [1.82, 2.24) is 20.0 Å². The number of halogens is 1. The Kier molecular flexibility index (Phi) is 5.49. The maximum atomic E-state index is 13.2. The van der Waals surface area contributed by atoms with Crippen LogP contribution in [0.25, 0.3) is 5.69 Å². The lowest BCUT2D eigenvalue weighted by Gasteiger charge is -2.21. The van der Waals surface area contributed by atoms with Gasteiger partial charge in [-0.3, -0.25) is 4.79 Å². The van der Waals surface area contributed by atoms with Crippen molar-refractivity contribution in [2.24, 2.45) is 5.92 Å². The maximum absolute atomic E-state index is 13.2. The third kappa shape index (κ3) is 4.27. The van der Waals surface area contributed by atoms with Crippen molar-refractivity contribution in [3.05, 3.63) is 47.0 Å². The first-order chi connectivity index (χ1) is 13.5. The van der Waals surface area contributed by atoms with Crippen LogP contribution < -0.4 is 5.32 Å². The first kappa shape index (κ1) is 19.1. The Morgan fingerprint density at radius 1 is 1.14 bits per heavy atom. The highest BCUT2D eigenvalue weighted by Gasteiger charge is 2.29. The molecule has 1 aliphatic carbocycles. The van der Waals surface area contributed by atoms with Crippen LogP contribution in [0.1, 0.15) is 49.1 Å². The smallest absolute Gasteiger partial charge is 0.222 e. The summed E-state index contributed by atoms with van der Waals surface area (Å²) in [6, 6.07) is 6.76. The van der Waals surface area contributed by atoms with Crippen LogP contribution in [0.3, 0.4) is 0 Å². The van der Waals surface area contributed by atoms with E-state index in [1.165, 1.54) is 30.5 Å². The van der Waals surface area contributed by atoms with Crippen LogP contribution in [0.15, 0.2) is 24.3 Å². The first-order valence-electron chi connectivity index (χ1n) is 10.3. The molecule has 0 radical (unpaired) electrons. The number of aryl methyl sites for hydroxylation is 1. The van der Waals surface area contributed by atoms with E-state index >= 15 is 0 Å². The number of carbonyl (C=O) groups is 1. The molecule has 4 rings (SSSR count). The maximum Gasteiger partial charge on any atom is 0.222 e. The first-order valence-corrected chi connectivity index (χ1v) is 10.3. The average Bonchev–Trinajstić information content (AvgIpc) is 3.47. The number of hydrogen-bond acceptors (Lipinski definition) is 3.